The lowest BCUT2D eigenvalue weighted by molar-refractivity contribution is 0.151. The largest absolute Gasteiger partial charge is 0.457 e. The molecule has 0 aromatic heterocycles. The van der Waals surface area contributed by atoms with Gasteiger partial charge < -0.3 is 4.74 Å². The lowest BCUT2D eigenvalue weighted by Gasteiger charge is -2.08. The van der Waals surface area contributed by atoms with Gasteiger partial charge in [0.2, 0.25) is 0 Å². The summed E-state index contributed by atoms with van der Waals surface area (Å²) in [5.74, 6) is 1.17. The number of alkyl halides is 2. The van der Waals surface area contributed by atoms with Crippen molar-refractivity contribution in [3.8, 4) is 11.5 Å². The Kier molecular flexibility index (Phi) is 6.52. The smallest absolute Gasteiger partial charge is 0.263 e. The van der Waals surface area contributed by atoms with Crippen molar-refractivity contribution in [1.82, 2.24) is 0 Å². The van der Waals surface area contributed by atoms with E-state index in [4.69, 9.17) is 4.74 Å². The first-order valence-electron chi connectivity index (χ1n) is 6.41. The summed E-state index contributed by atoms with van der Waals surface area (Å²) >= 11 is 4.25. The predicted molar refractivity (Wildman–Crippen MR) is 81.3 cm³/mol. The van der Waals surface area contributed by atoms with Crippen LogP contribution in [0.15, 0.2) is 47.4 Å². The highest BCUT2D eigenvalue weighted by Crippen LogP contribution is 2.27. The van der Waals surface area contributed by atoms with Crippen molar-refractivity contribution in [3.05, 3.63) is 53.6 Å². The van der Waals surface area contributed by atoms with E-state index < -0.39 is 6.43 Å². The summed E-state index contributed by atoms with van der Waals surface area (Å²) in [7, 11) is 0. The lowest BCUT2D eigenvalue weighted by atomic mass is 10.2. The van der Waals surface area contributed by atoms with Gasteiger partial charge in [-0.2, -0.15) is 0 Å². The van der Waals surface area contributed by atoms with Gasteiger partial charge in [0, 0.05) is 10.5 Å². The average Bonchev–Trinajstić information content (AvgIpc) is 2.40. The van der Waals surface area contributed by atoms with Gasteiger partial charge >= 0.3 is 0 Å². The number of halogens is 2. The van der Waals surface area contributed by atoms with E-state index in [0.29, 0.717) is 11.5 Å². The van der Waals surface area contributed by atoms with Crippen LogP contribution < -0.4 is 4.74 Å². The van der Waals surface area contributed by atoms with Crippen molar-refractivity contribution < 1.29 is 13.5 Å². The molecule has 0 saturated heterocycles. The van der Waals surface area contributed by atoms with Crippen molar-refractivity contribution in [2.24, 2.45) is 0 Å². The van der Waals surface area contributed by atoms with Crippen LogP contribution in [-0.2, 0) is 0 Å². The number of benzene rings is 2. The molecule has 0 aliphatic heterocycles. The first-order chi connectivity index (χ1) is 9.54. The van der Waals surface area contributed by atoms with Gasteiger partial charge in [0.05, 0.1) is 0 Å². The van der Waals surface area contributed by atoms with Gasteiger partial charge in [-0.05, 0) is 55.0 Å². The second-order valence-corrected chi connectivity index (χ2v) is 4.49. The number of aryl methyl sites for hydroxylation is 1. The summed E-state index contributed by atoms with van der Waals surface area (Å²) in [6.07, 6.45) is -2.46. The Morgan fingerprint density at radius 1 is 0.950 bits per heavy atom. The Morgan fingerprint density at radius 2 is 1.55 bits per heavy atom. The maximum Gasteiger partial charge on any atom is 0.263 e. The predicted octanol–water partition coefficient (Wildman–Crippen LogP) is 6.04. The zero-order chi connectivity index (χ0) is 15.1. The first kappa shape index (κ1) is 16.5. The third-order valence-electron chi connectivity index (χ3n) is 2.40. The minimum Gasteiger partial charge on any atom is -0.457 e. The fourth-order valence-electron chi connectivity index (χ4n) is 1.60. The molecule has 0 atom stereocenters. The summed E-state index contributed by atoms with van der Waals surface area (Å²) in [6, 6.07) is 11.3. The van der Waals surface area contributed by atoms with Crippen molar-refractivity contribution in [1.29, 1.82) is 0 Å². The molecule has 0 fully saturated rings. The fraction of sp³-hybridized carbons (Fsp3) is 0.250. The van der Waals surface area contributed by atoms with Crippen LogP contribution in [0, 0.1) is 6.92 Å². The van der Waals surface area contributed by atoms with E-state index in [1.807, 2.05) is 32.9 Å². The van der Waals surface area contributed by atoms with Gasteiger partial charge in [0.1, 0.15) is 11.5 Å². The van der Waals surface area contributed by atoms with Gasteiger partial charge in [-0.1, -0.05) is 13.8 Å². The van der Waals surface area contributed by atoms with Crippen LogP contribution in [0.1, 0.15) is 31.4 Å². The zero-order valence-electron chi connectivity index (χ0n) is 11.7. The molecule has 2 rings (SSSR count). The second-order valence-electron chi connectivity index (χ2n) is 3.98. The average molecular weight is 296 g/mol. The molecule has 0 aliphatic carbocycles. The van der Waals surface area contributed by atoms with Gasteiger partial charge in [0.25, 0.3) is 6.43 Å². The minimum atomic E-state index is -2.46. The SMILES string of the molecule is CC.Cc1cc(S)cc(Oc2ccc(C(F)F)cc2)c1. The van der Waals surface area contributed by atoms with E-state index in [0.717, 1.165) is 10.5 Å². The van der Waals surface area contributed by atoms with Crippen LogP contribution in [0.4, 0.5) is 8.78 Å². The molecule has 1 nitrogen and oxygen atoms in total. The molecule has 2 aromatic carbocycles. The Bertz CT molecular complexity index is 518. The van der Waals surface area contributed by atoms with Crippen molar-refractivity contribution in [2.75, 3.05) is 0 Å². The molecule has 2 aromatic rings. The van der Waals surface area contributed by atoms with Gasteiger partial charge in [-0.25, -0.2) is 8.78 Å². The Labute approximate surface area is 124 Å². The highest BCUT2D eigenvalue weighted by Gasteiger charge is 2.06. The summed E-state index contributed by atoms with van der Waals surface area (Å²) in [5, 5.41) is 0. The Morgan fingerprint density at radius 3 is 2.05 bits per heavy atom. The fourth-order valence-corrected chi connectivity index (χ4v) is 1.94. The summed E-state index contributed by atoms with van der Waals surface area (Å²) in [4.78, 5) is 0.800. The van der Waals surface area contributed by atoms with Crippen molar-refractivity contribution >= 4 is 12.6 Å². The minimum absolute atomic E-state index is 0.0125. The number of hydrogen-bond acceptors (Lipinski definition) is 2. The molecule has 20 heavy (non-hydrogen) atoms. The van der Waals surface area contributed by atoms with Crippen LogP contribution in [-0.4, -0.2) is 0 Å². The van der Waals surface area contributed by atoms with E-state index in [-0.39, 0.29) is 5.56 Å². The summed E-state index contributed by atoms with van der Waals surface area (Å²) < 4.78 is 30.3. The van der Waals surface area contributed by atoms with Gasteiger partial charge in [-0.15, -0.1) is 12.6 Å². The Hall–Kier alpha value is -1.55. The molecule has 0 aliphatic rings. The maximum atomic E-state index is 12.4. The van der Waals surface area contributed by atoms with Crippen LogP contribution in [0.2, 0.25) is 0 Å². The highest BCUT2D eigenvalue weighted by molar-refractivity contribution is 7.80. The standard InChI is InChI=1S/C14H12F2OS.C2H6/c1-9-6-12(8-13(18)7-9)17-11-4-2-10(3-5-11)14(15)16;1-2/h2-8,14,18H,1H3;1-2H3. The normalized spacial score (nSPS) is 9.95. The molecular weight excluding hydrogens is 278 g/mol. The van der Waals surface area contributed by atoms with Crippen LogP contribution in [0.25, 0.3) is 0 Å². The second kappa shape index (κ2) is 7.90. The molecule has 0 N–H and O–H groups in total. The number of thiol groups is 1. The topological polar surface area (TPSA) is 9.23 Å². The first-order valence-corrected chi connectivity index (χ1v) is 6.86. The van der Waals surface area contributed by atoms with Crippen molar-refractivity contribution in [3.63, 3.8) is 0 Å². The van der Waals surface area contributed by atoms with E-state index in [1.165, 1.54) is 24.3 Å². The molecule has 0 radical (unpaired) electrons. The molecule has 4 heteroatoms. The molecule has 0 bridgehead atoms. The van der Waals surface area contributed by atoms with Crippen LogP contribution in [0.3, 0.4) is 0 Å². The molecule has 0 spiro atoms. The zero-order valence-corrected chi connectivity index (χ0v) is 12.6. The summed E-state index contributed by atoms with van der Waals surface area (Å²) in [5.41, 5.74) is 1.02. The maximum absolute atomic E-state index is 12.4. The van der Waals surface area contributed by atoms with E-state index in [2.05, 4.69) is 12.6 Å². The molecule has 0 unspecified atom stereocenters. The number of rotatable bonds is 3. The molecule has 0 saturated carbocycles. The highest BCUT2D eigenvalue weighted by atomic mass is 32.1. The Balaban J connectivity index is 0.000000956. The number of ether oxygens (including phenoxy) is 1. The third kappa shape index (κ3) is 4.85. The van der Waals surface area contributed by atoms with Gasteiger partial charge in [0.15, 0.2) is 0 Å². The molecular formula is C16H18F2OS. The van der Waals surface area contributed by atoms with Gasteiger partial charge in [-0.3, -0.25) is 0 Å². The van der Waals surface area contributed by atoms with Crippen LogP contribution >= 0.6 is 12.6 Å². The molecule has 108 valence electrons. The quantitative estimate of drug-likeness (QED) is 0.679. The van der Waals surface area contributed by atoms with E-state index >= 15 is 0 Å². The van der Waals surface area contributed by atoms with E-state index in [9.17, 15) is 8.78 Å². The van der Waals surface area contributed by atoms with Crippen LogP contribution in [0.5, 0.6) is 11.5 Å². The lowest BCUT2D eigenvalue weighted by Crippen LogP contribution is -1.87. The van der Waals surface area contributed by atoms with Crippen molar-refractivity contribution in [2.45, 2.75) is 32.1 Å². The summed E-state index contributed by atoms with van der Waals surface area (Å²) in [6.45, 7) is 5.94. The number of hydrogen-bond donors (Lipinski definition) is 1. The third-order valence-corrected chi connectivity index (χ3v) is 2.66. The van der Waals surface area contributed by atoms with E-state index in [1.54, 1.807) is 6.07 Å². The molecule has 0 amide bonds. The molecule has 0 heterocycles. The monoisotopic (exact) mass is 296 g/mol.